The molecule has 0 aromatic rings. The van der Waals surface area contributed by atoms with Crippen LogP contribution in [0.2, 0.25) is 0 Å². The highest BCUT2D eigenvalue weighted by Gasteiger charge is 2.12. The quantitative estimate of drug-likeness (QED) is 0.622. The normalized spacial score (nSPS) is 19.7. The number of rotatable bonds is 2. The third-order valence-corrected chi connectivity index (χ3v) is 1.87. The van der Waals surface area contributed by atoms with Crippen LogP contribution in [0.25, 0.3) is 0 Å². The lowest BCUT2D eigenvalue weighted by Crippen LogP contribution is -2.07. The van der Waals surface area contributed by atoms with Gasteiger partial charge in [-0.3, -0.25) is 4.79 Å². The number of Topliss-reactive ketones (excluding diaryl/α,β-unsaturated/α-hetero) is 1. The highest BCUT2D eigenvalue weighted by atomic mass is 16.1. The van der Waals surface area contributed by atoms with Gasteiger partial charge in [0.25, 0.3) is 0 Å². The standard InChI is InChI=1S/C9H12N2O/c1-7(12)5-8(6-10)9-3-2-4-11-9/h11H,2-5H2,1H3/b9-8+. The van der Waals surface area contributed by atoms with Crippen molar-refractivity contribution in [3.63, 3.8) is 0 Å². The highest BCUT2D eigenvalue weighted by molar-refractivity contribution is 5.79. The summed E-state index contributed by atoms with van der Waals surface area (Å²) in [5.74, 6) is 0.0488. The first-order valence-electron chi connectivity index (χ1n) is 4.09. The van der Waals surface area contributed by atoms with Crippen LogP contribution in [0, 0.1) is 11.3 Å². The number of nitriles is 1. The first-order valence-corrected chi connectivity index (χ1v) is 4.09. The van der Waals surface area contributed by atoms with Crippen LogP contribution in [0.3, 0.4) is 0 Å². The van der Waals surface area contributed by atoms with Crippen molar-refractivity contribution in [3.05, 3.63) is 11.3 Å². The smallest absolute Gasteiger partial charge is 0.134 e. The molecule has 0 radical (unpaired) electrons. The fourth-order valence-corrected chi connectivity index (χ4v) is 1.31. The second-order valence-corrected chi connectivity index (χ2v) is 2.98. The van der Waals surface area contributed by atoms with E-state index in [-0.39, 0.29) is 12.2 Å². The van der Waals surface area contributed by atoms with E-state index in [9.17, 15) is 4.79 Å². The van der Waals surface area contributed by atoms with E-state index in [0.717, 1.165) is 25.1 Å². The van der Waals surface area contributed by atoms with Crippen LogP contribution in [0.4, 0.5) is 0 Å². The summed E-state index contributed by atoms with van der Waals surface area (Å²) in [5.41, 5.74) is 1.58. The number of nitrogens with zero attached hydrogens (tertiary/aromatic N) is 1. The van der Waals surface area contributed by atoms with Crippen molar-refractivity contribution >= 4 is 5.78 Å². The van der Waals surface area contributed by atoms with Gasteiger partial charge in [0.2, 0.25) is 0 Å². The van der Waals surface area contributed by atoms with Gasteiger partial charge in [-0.15, -0.1) is 0 Å². The van der Waals surface area contributed by atoms with Gasteiger partial charge < -0.3 is 5.32 Å². The minimum Gasteiger partial charge on any atom is -0.388 e. The SMILES string of the molecule is CC(=O)C/C(C#N)=C1/CCCN1. The lowest BCUT2D eigenvalue weighted by molar-refractivity contribution is -0.116. The Hall–Kier alpha value is -1.30. The molecule has 0 bridgehead atoms. The Morgan fingerprint density at radius 3 is 2.92 bits per heavy atom. The number of carbonyl (C=O) groups is 1. The van der Waals surface area contributed by atoms with Crippen LogP contribution in [0.5, 0.6) is 0 Å². The van der Waals surface area contributed by atoms with Crippen molar-refractivity contribution in [2.45, 2.75) is 26.2 Å². The molecule has 0 unspecified atom stereocenters. The molecule has 0 atom stereocenters. The second kappa shape index (κ2) is 3.91. The Morgan fingerprint density at radius 1 is 1.75 bits per heavy atom. The topological polar surface area (TPSA) is 52.9 Å². The minimum absolute atomic E-state index is 0.0488. The third-order valence-electron chi connectivity index (χ3n) is 1.87. The summed E-state index contributed by atoms with van der Waals surface area (Å²) in [5, 5.41) is 11.9. The predicted octanol–water partition coefficient (Wildman–Crippen LogP) is 1.13. The summed E-state index contributed by atoms with van der Waals surface area (Å²) >= 11 is 0. The third kappa shape index (κ3) is 2.09. The van der Waals surface area contributed by atoms with E-state index in [0.29, 0.717) is 5.57 Å². The van der Waals surface area contributed by atoms with Gasteiger partial charge in [-0.2, -0.15) is 5.26 Å². The maximum atomic E-state index is 10.8. The summed E-state index contributed by atoms with van der Waals surface area (Å²) in [6.07, 6.45) is 2.26. The monoisotopic (exact) mass is 164 g/mol. The van der Waals surface area contributed by atoms with Crippen LogP contribution in [-0.2, 0) is 4.79 Å². The zero-order chi connectivity index (χ0) is 8.97. The molecule has 3 nitrogen and oxygen atoms in total. The molecule has 0 aromatic carbocycles. The van der Waals surface area contributed by atoms with Crippen molar-refractivity contribution in [2.75, 3.05) is 6.54 Å². The number of hydrogen-bond acceptors (Lipinski definition) is 3. The van der Waals surface area contributed by atoms with Gasteiger partial charge in [-0.25, -0.2) is 0 Å². The van der Waals surface area contributed by atoms with Crippen LogP contribution in [0.1, 0.15) is 26.2 Å². The second-order valence-electron chi connectivity index (χ2n) is 2.98. The summed E-state index contributed by atoms with van der Waals surface area (Å²) in [6.45, 7) is 2.44. The van der Waals surface area contributed by atoms with E-state index >= 15 is 0 Å². The Morgan fingerprint density at radius 2 is 2.50 bits per heavy atom. The average Bonchev–Trinajstić information content (AvgIpc) is 2.51. The van der Waals surface area contributed by atoms with Gasteiger partial charge in [-0.05, 0) is 19.8 Å². The summed E-state index contributed by atoms with van der Waals surface area (Å²) in [7, 11) is 0. The molecule has 0 spiro atoms. The predicted molar refractivity (Wildman–Crippen MR) is 45.2 cm³/mol. The fraction of sp³-hybridized carbons (Fsp3) is 0.556. The van der Waals surface area contributed by atoms with Gasteiger partial charge in [0, 0.05) is 18.7 Å². The van der Waals surface area contributed by atoms with Crippen molar-refractivity contribution in [3.8, 4) is 6.07 Å². The Kier molecular flexibility index (Phi) is 2.87. The molecule has 1 aliphatic rings. The van der Waals surface area contributed by atoms with Crippen LogP contribution in [0.15, 0.2) is 11.3 Å². The molecule has 1 rings (SSSR count). The van der Waals surface area contributed by atoms with Crippen LogP contribution >= 0.6 is 0 Å². The van der Waals surface area contributed by atoms with Crippen LogP contribution < -0.4 is 5.32 Å². The molecule has 0 amide bonds. The van der Waals surface area contributed by atoms with E-state index in [1.165, 1.54) is 6.92 Å². The molecular weight excluding hydrogens is 152 g/mol. The zero-order valence-corrected chi connectivity index (χ0v) is 7.18. The van der Waals surface area contributed by atoms with E-state index in [4.69, 9.17) is 5.26 Å². The van der Waals surface area contributed by atoms with Gasteiger partial charge in [0.15, 0.2) is 0 Å². The first-order chi connectivity index (χ1) is 5.74. The number of hydrogen-bond donors (Lipinski definition) is 1. The van der Waals surface area contributed by atoms with E-state index in [1.54, 1.807) is 0 Å². The molecule has 1 heterocycles. The number of allylic oxidation sites excluding steroid dienone is 2. The largest absolute Gasteiger partial charge is 0.388 e. The number of ketones is 1. The summed E-state index contributed by atoms with van der Waals surface area (Å²) in [6, 6.07) is 2.07. The maximum Gasteiger partial charge on any atom is 0.134 e. The molecule has 1 aliphatic heterocycles. The number of nitrogens with one attached hydrogen (secondary N) is 1. The Labute approximate surface area is 72.1 Å². The van der Waals surface area contributed by atoms with Crippen LogP contribution in [-0.4, -0.2) is 12.3 Å². The van der Waals surface area contributed by atoms with E-state index < -0.39 is 0 Å². The average molecular weight is 164 g/mol. The van der Waals surface area contributed by atoms with Gasteiger partial charge in [0.05, 0.1) is 11.6 Å². The molecular formula is C9H12N2O. The van der Waals surface area contributed by atoms with E-state index in [1.807, 2.05) is 0 Å². The number of carbonyl (C=O) groups excluding carboxylic acids is 1. The molecule has 0 saturated carbocycles. The van der Waals surface area contributed by atoms with Crippen molar-refractivity contribution in [2.24, 2.45) is 0 Å². The minimum atomic E-state index is 0.0488. The fourth-order valence-electron chi connectivity index (χ4n) is 1.31. The maximum absolute atomic E-state index is 10.8. The molecule has 0 aromatic heterocycles. The van der Waals surface area contributed by atoms with Gasteiger partial charge >= 0.3 is 0 Å². The Balaban J connectivity index is 2.72. The van der Waals surface area contributed by atoms with Gasteiger partial charge in [0.1, 0.15) is 5.78 Å². The Bertz CT molecular complexity index is 252. The van der Waals surface area contributed by atoms with Gasteiger partial charge in [-0.1, -0.05) is 0 Å². The van der Waals surface area contributed by atoms with Crippen molar-refractivity contribution in [1.82, 2.24) is 5.32 Å². The molecule has 1 fully saturated rings. The molecule has 1 N–H and O–H groups in total. The van der Waals surface area contributed by atoms with Crippen molar-refractivity contribution in [1.29, 1.82) is 5.26 Å². The molecule has 64 valence electrons. The molecule has 3 heteroatoms. The van der Waals surface area contributed by atoms with Crippen molar-refractivity contribution < 1.29 is 4.79 Å². The lowest BCUT2D eigenvalue weighted by Gasteiger charge is -2.01. The zero-order valence-electron chi connectivity index (χ0n) is 7.18. The summed E-state index contributed by atoms with van der Waals surface area (Å²) in [4.78, 5) is 10.8. The highest BCUT2D eigenvalue weighted by Crippen LogP contribution is 2.16. The summed E-state index contributed by atoms with van der Waals surface area (Å²) < 4.78 is 0. The molecule has 1 saturated heterocycles. The van der Waals surface area contributed by atoms with E-state index in [2.05, 4.69) is 11.4 Å². The molecule has 12 heavy (non-hydrogen) atoms. The first kappa shape index (κ1) is 8.79. The molecule has 0 aliphatic carbocycles. The lowest BCUT2D eigenvalue weighted by atomic mass is 10.1.